The number of unbranched alkanes of at least 4 members (excludes halogenated alkanes) is 1. The average Bonchev–Trinajstić information content (AvgIpc) is 3.12. The highest BCUT2D eigenvalue weighted by atomic mass is 16.2. The number of rotatable bonds is 8. The van der Waals surface area contributed by atoms with Gasteiger partial charge in [0.15, 0.2) is 0 Å². The smallest absolute Gasteiger partial charge is 0.237 e. The maximum absolute atomic E-state index is 11.7. The van der Waals surface area contributed by atoms with Gasteiger partial charge < -0.3 is 10.6 Å². The van der Waals surface area contributed by atoms with Crippen LogP contribution >= 0.6 is 0 Å². The molecular formula is C13H25N3O2. The number of hydrogen-bond donors (Lipinski definition) is 3. The molecule has 18 heavy (non-hydrogen) atoms. The summed E-state index contributed by atoms with van der Waals surface area (Å²) in [6, 6.07) is -0.324. The lowest BCUT2D eigenvalue weighted by atomic mass is 10.2. The second-order valence-electron chi connectivity index (χ2n) is 5.04. The molecule has 2 amide bonds. The van der Waals surface area contributed by atoms with Gasteiger partial charge in [-0.15, -0.1) is 0 Å². The first-order valence-electron chi connectivity index (χ1n) is 6.88. The summed E-state index contributed by atoms with van der Waals surface area (Å²) in [4.78, 5) is 23.4. The minimum atomic E-state index is -0.346. The third-order valence-electron chi connectivity index (χ3n) is 3.04. The molecule has 0 radical (unpaired) electrons. The second-order valence-corrected chi connectivity index (χ2v) is 5.04. The molecule has 104 valence electrons. The van der Waals surface area contributed by atoms with Gasteiger partial charge in [0.2, 0.25) is 11.8 Å². The summed E-state index contributed by atoms with van der Waals surface area (Å²) in [7, 11) is 0. The lowest BCUT2D eigenvalue weighted by Gasteiger charge is -2.19. The van der Waals surface area contributed by atoms with Gasteiger partial charge in [-0.2, -0.15) is 0 Å². The molecule has 0 bridgehead atoms. The zero-order valence-electron chi connectivity index (χ0n) is 11.6. The molecule has 0 aliphatic heterocycles. The molecule has 5 heteroatoms. The Bertz CT molecular complexity index is 290. The van der Waals surface area contributed by atoms with Gasteiger partial charge in [-0.25, -0.2) is 0 Å². The van der Waals surface area contributed by atoms with E-state index in [-0.39, 0.29) is 23.9 Å². The molecule has 2 unspecified atom stereocenters. The first-order chi connectivity index (χ1) is 8.54. The van der Waals surface area contributed by atoms with Crippen LogP contribution in [0.15, 0.2) is 0 Å². The van der Waals surface area contributed by atoms with Gasteiger partial charge in [0.25, 0.3) is 0 Å². The van der Waals surface area contributed by atoms with E-state index in [1.54, 1.807) is 13.8 Å². The first-order valence-corrected chi connectivity index (χ1v) is 6.88. The fourth-order valence-electron chi connectivity index (χ4n) is 1.62. The van der Waals surface area contributed by atoms with Crippen molar-refractivity contribution in [3.63, 3.8) is 0 Å². The van der Waals surface area contributed by atoms with Crippen molar-refractivity contribution in [2.75, 3.05) is 6.54 Å². The van der Waals surface area contributed by atoms with E-state index in [4.69, 9.17) is 0 Å². The minimum Gasteiger partial charge on any atom is -0.355 e. The van der Waals surface area contributed by atoms with E-state index in [1.807, 2.05) is 0 Å². The summed E-state index contributed by atoms with van der Waals surface area (Å²) in [5.41, 5.74) is 0. The molecule has 0 heterocycles. The van der Waals surface area contributed by atoms with E-state index in [0.29, 0.717) is 12.6 Å². The topological polar surface area (TPSA) is 70.2 Å². The van der Waals surface area contributed by atoms with Crippen LogP contribution in [0.3, 0.4) is 0 Å². The Balaban J connectivity index is 2.21. The van der Waals surface area contributed by atoms with Crippen LogP contribution in [-0.4, -0.2) is 36.5 Å². The van der Waals surface area contributed by atoms with Crippen LogP contribution < -0.4 is 16.0 Å². The van der Waals surface area contributed by atoms with Crippen molar-refractivity contribution in [3.05, 3.63) is 0 Å². The first kappa shape index (κ1) is 15.0. The Morgan fingerprint density at radius 3 is 2.33 bits per heavy atom. The second kappa shape index (κ2) is 7.36. The number of nitrogens with one attached hydrogen (secondary N) is 3. The number of carbonyl (C=O) groups excluding carboxylic acids is 2. The van der Waals surface area contributed by atoms with Crippen LogP contribution in [0.25, 0.3) is 0 Å². The summed E-state index contributed by atoms with van der Waals surface area (Å²) in [6.45, 7) is 6.35. The van der Waals surface area contributed by atoms with Gasteiger partial charge in [-0.1, -0.05) is 13.3 Å². The summed E-state index contributed by atoms with van der Waals surface area (Å²) in [5, 5.41) is 8.78. The lowest BCUT2D eigenvalue weighted by Crippen LogP contribution is -2.51. The molecule has 0 aromatic rings. The zero-order chi connectivity index (χ0) is 13.5. The van der Waals surface area contributed by atoms with Crippen molar-refractivity contribution < 1.29 is 9.59 Å². The fraction of sp³-hybridized carbons (Fsp3) is 0.846. The van der Waals surface area contributed by atoms with E-state index in [0.717, 1.165) is 25.7 Å². The maximum atomic E-state index is 11.7. The quantitative estimate of drug-likeness (QED) is 0.555. The van der Waals surface area contributed by atoms with Gasteiger partial charge in [0.1, 0.15) is 0 Å². The highest BCUT2D eigenvalue weighted by Gasteiger charge is 2.26. The number of amides is 2. The van der Waals surface area contributed by atoms with Crippen LogP contribution in [0.1, 0.15) is 46.5 Å². The fourth-order valence-corrected chi connectivity index (χ4v) is 1.62. The third-order valence-corrected chi connectivity index (χ3v) is 3.04. The molecular weight excluding hydrogens is 230 g/mol. The molecule has 1 rings (SSSR count). The van der Waals surface area contributed by atoms with Crippen LogP contribution in [0, 0.1) is 0 Å². The molecule has 0 aromatic carbocycles. The van der Waals surface area contributed by atoms with Crippen molar-refractivity contribution in [2.24, 2.45) is 0 Å². The molecule has 1 fully saturated rings. The Morgan fingerprint density at radius 2 is 1.78 bits per heavy atom. The molecule has 2 atom stereocenters. The summed E-state index contributed by atoms with van der Waals surface area (Å²) >= 11 is 0. The standard InChI is InChI=1S/C13H25N3O2/c1-4-5-8-14-12(17)9(2)15-10(3)13(18)16-11-6-7-11/h9-11,15H,4-8H2,1-3H3,(H,14,17)(H,16,18). The van der Waals surface area contributed by atoms with Crippen molar-refractivity contribution >= 4 is 11.8 Å². The van der Waals surface area contributed by atoms with E-state index < -0.39 is 0 Å². The van der Waals surface area contributed by atoms with Gasteiger partial charge in [0.05, 0.1) is 12.1 Å². The van der Waals surface area contributed by atoms with Gasteiger partial charge >= 0.3 is 0 Å². The Labute approximate surface area is 109 Å². The molecule has 1 aliphatic rings. The Hall–Kier alpha value is -1.10. The normalized spacial score (nSPS) is 17.9. The van der Waals surface area contributed by atoms with E-state index in [2.05, 4.69) is 22.9 Å². The maximum Gasteiger partial charge on any atom is 0.237 e. The molecule has 0 aromatic heterocycles. The summed E-state index contributed by atoms with van der Waals surface area (Å²) in [6.07, 6.45) is 4.19. The average molecular weight is 255 g/mol. The van der Waals surface area contributed by atoms with Crippen molar-refractivity contribution in [1.29, 1.82) is 0 Å². The Morgan fingerprint density at radius 1 is 1.17 bits per heavy atom. The summed E-state index contributed by atoms with van der Waals surface area (Å²) < 4.78 is 0. The van der Waals surface area contributed by atoms with Gasteiger partial charge in [-0.3, -0.25) is 14.9 Å². The van der Waals surface area contributed by atoms with Crippen LogP contribution in [0.5, 0.6) is 0 Å². The minimum absolute atomic E-state index is 0.0225. The van der Waals surface area contributed by atoms with E-state index in [1.165, 1.54) is 0 Å². The van der Waals surface area contributed by atoms with Crippen molar-refractivity contribution in [2.45, 2.75) is 64.6 Å². The van der Waals surface area contributed by atoms with E-state index >= 15 is 0 Å². The van der Waals surface area contributed by atoms with Crippen LogP contribution in [0.4, 0.5) is 0 Å². The number of hydrogen-bond acceptors (Lipinski definition) is 3. The van der Waals surface area contributed by atoms with Crippen molar-refractivity contribution in [1.82, 2.24) is 16.0 Å². The predicted molar refractivity (Wildman–Crippen MR) is 71.1 cm³/mol. The molecule has 3 N–H and O–H groups in total. The largest absolute Gasteiger partial charge is 0.355 e. The lowest BCUT2D eigenvalue weighted by molar-refractivity contribution is -0.125. The molecule has 0 saturated heterocycles. The van der Waals surface area contributed by atoms with Gasteiger partial charge in [-0.05, 0) is 33.1 Å². The van der Waals surface area contributed by atoms with Gasteiger partial charge in [0, 0.05) is 12.6 Å². The molecule has 1 aliphatic carbocycles. The number of carbonyl (C=O) groups is 2. The highest BCUT2D eigenvalue weighted by Crippen LogP contribution is 2.18. The molecule has 5 nitrogen and oxygen atoms in total. The van der Waals surface area contributed by atoms with Crippen LogP contribution in [-0.2, 0) is 9.59 Å². The monoisotopic (exact) mass is 255 g/mol. The van der Waals surface area contributed by atoms with Crippen LogP contribution in [0.2, 0.25) is 0 Å². The third kappa shape index (κ3) is 5.49. The summed E-state index contributed by atoms with van der Waals surface area (Å²) in [5.74, 6) is -0.0692. The SMILES string of the molecule is CCCCNC(=O)C(C)NC(C)C(=O)NC1CC1. The Kier molecular flexibility index (Phi) is 6.12. The van der Waals surface area contributed by atoms with E-state index in [9.17, 15) is 9.59 Å². The van der Waals surface area contributed by atoms with Crippen molar-refractivity contribution in [3.8, 4) is 0 Å². The molecule has 0 spiro atoms. The predicted octanol–water partition coefficient (Wildman–Crippen LogP) is 0.548. The highest BCUT2D eigenvalue weighted by molar-refractivity contribution is 5.85. The molecule has 1 saturated carbocycles. The zero-order valence-corrected chi connectivity index (χ0v) is 11.6.